The van der Waals surface area contributed by atoms with Crippen molar-refractivity contribution in [1.29, 1.82) is 0 Å². The summed E-state index contributed by atoms with van der Waals surface area (Å²) in [5, 5.41) is 17.2. The molecule has 0 heterocycles. The molecule has 0 spiro atoms. The first-order chi connectivity index (χ1) is 13.9. The van der Waals surface area contributed by atoms with Crippen molar-refractivity contribution in [3.05, 3.63) is 33.9 Å². The SMILES string of the molecule is COCCNc1ccc(C(=O)O[C@H](C)C(=O)NC2CCCCCC2)cc1[N+](=O)[O-]. The van der Waals surface area contributed by atoms with Gasteiger partial charge in [-0.2, -0.15) is 0 Å². The molecule has 2 N–H and O–H groups in total. The molecule has 1 aliphatic rings. The Bertz CT molecular complexity index is 716. The zero-order valence-corrected chi connectivity index (χ0v) is 16.9. The number of ether oxygens (including phenoxy) is 2. The van der Waals surface area contributed by atoms with Crippen LogP contribution in [0.5, 0.6) is 0 Å². The molecule has 29 heavy (non-hydrogen) atoms. The van der Waals surface area contributed by atoms with Crippen LogP contribution < -0.4 is 10.6 Å². The molecule has 0 aromatic heterocycles. The van der Waals surface area contributed by atoms with E-state index in [2.05, 4.69) is 10.6 Å². The van der Waals surface area contributed by atoms with Gasteiger partial charge in [-0.1, -0.05) is 25.7 Å². The Kier molecular flexibility index (Phi) is 8.85. The summed E-state index contributed by atoms with van der Waals surface area (Å²) >= 11 is 0. The molecule has 0 saturated heterocycles. The fourth-order valence-electron chi connectivity index (χ4n) is 3.27. The van der Waals surface area contributed by atoms with E-state index in [9.17, 15) is 19.7 Å². The number of hydrogen-bond acceptors (Lipinski definition) is 7. The molecule has 0 unspecified atom stereocenters. The Balaban J connectivity index is 1.98. The molecule has 1 atom stereocenters. The van der Waals surface area contributed by atoms with E-state index in [1.54, 1.807) is 0 Å². The normalized spacial score (nSPS) is 15.8. The van der Waals surface area contributed by atoms with Gasteiger partial charge < -0.3 is 20.1 Å². The molecule has 160 valence electrons. The van der Waals surface area contributed by atoms with Crippen LogP contribution >= 0.6 is 0 Å². The average molecular weight is 407 g/mol. The topological polar surface area (TPSA) is 120 Å². The molecular weight excluding hydrogens is 378 g/mol. The maximum absolute atomic E-state index is 12.4. The summed E-state index contributed by atoms with van der Waals surface area (Å²) in [4.78, 5) is 35.5. The minimum absolute atomic E-state index is 0.0168. The fraction of sp³-hybridized carbons (Fsp3) is 0.600. The van der Waals surface area contributed by atoms with Gasteiger partial charge in [0.25, 0.3) is 11.6 Å². The summed E-state index contributed by atoms with van der Waals surface area (Å²) < 4.78 is 10.1. The molecule has 1 aromatic carbocycles. The molecule has 0 bridgehead atoms. The molecule has 1 amide bonds. The van der Waals surface area contributed by atoms with Gasteiger partial charge in [0, 0.05) is 25.8 Å². The van der Waals surface area contributed by atoms with Crippen molar-refractivity contribution >= 4 is 23.3 Å². The summed E-state index contributed by atoms with van der Waals surface area (Å²) in [6, 6.07) is 4.12. The van der Waals surface area contributed by atoms with Crippen molar-refractivity contribution in [2.24, 2.45) is 0 Å². The monoisotopic (exact) mass is 407 g/mol. The second-order valence-electron chi connectivity index (χ2n) is 7.15. The number of rotatable bonds is 9. The zero-order valence-electron chi connectivity index (χ0n) is 16.9. The molecule has 1 fully saturated rings. The summed E-state index contributed by atoms with van der Waals surface area (Å²) in [6.45, 7) is 2.27. The predicted molar refractivity (Wildman–Crippen MR) is 108 cm³/mol. The third kappa shape index (κ3) is 7.01. The highest BCUT2D eigenvalue weighted by atomic mass is 16.6. The van der Waals surface area contributed by atoms with Gasteiger partial charge >= 0.3 is 5.97 Å². The van der Waals surface area contributed by atoms with Crippen LogP contribution in [0.2, 0.25) is 0 Å². The van der Waals surface area contributed by atoms with Crippen LogP contribution in [0.3, 0.4) is 0 Å². The standard InChI is InChI=1S/C20H29N3O6/c1-14(19(24)22-16-7-5-3-4-6-8-16)29-20(25)15-9-10-17(21-11-12-28-2)18(13-15)23(26)27/h9-10,13-14,16,21H,3-8,11-12H2,1-2H3,(H,22,24)/t14-/m1/s1. The van der Waals surface area contributed by atoms with Crippen molar-refractivity contribution in [1.82, 2.24) is 5.32 Å². The maximum atomic E-state index is 12.4. The van der Waals surface area contributed by atoms with Crippen molar-refractivity contribution in [2.45, 2.75) is 57.6 Å². The van der Waals surface area contributed by atoms with Gasteiger partial charge in [0.15, 0.2) is 6.10 Å². The van der Waals surface area contributed by atoms with Crippen molar-refractivity contribution in [2.75, 3.05) is 25.6 Å². The van der Waals surface area contributed by atoms with E-state index in [4.69, 9.17) is 9.47 Å². The van der Waals surface area contributed by atoms with E-state index in [1.807, 2.05) is 0 Å². The van der Waals surface area contributed by atoms with Crippen LogP contribution in [0.15, 0.2) is 18.2 Å². The number of nitrogens with zero attached hydrogens (tertiary/aromatic N) is 1. The smallest absolute Gasteiger partial charge is 0.339 e. The van der Waals surface area contributed by atoms with Crippen LogP contribution in [-0.2, 0) is 14.3 Å². The van der Waals surface area contributed by atoms with E-state index in [-0.39, 0.29) is 28.9 Å². The van der Waals surface area contributed by atoms with Gasteiger partial charge in [-0.3, -0.25) is 14.9 Å². The number of esters is 1. The number of nitro benzene ring substituents is 1. The second kappa shape index (κ2) is 11.4. The minimum Gasteiger partial charge on any atom is -0.449 e. The van der Waals surface area contributed by atoms with Crippen LogP contribution in [-0.4, -0.2) is 49.2 Å². The van der Waals surface area contributed by atoms with E-state index in [0.717, 1.165) is 31.7 Å². The van der Waals surface area contributed by atoms with Crippen molar-refractivity contribution in [3.63, 3.8) is 0 Å². The summed E-state index contributed by atoms with van der Waals surface area (Å²) in [7, 11) is 1.53. The molecule has 0 aliphatic heterocycles. The Morgan fingerprint density at radius 2 is 1.93 bits per heavy atom. The fourth-order valence-corrected chi connectivity index (χ4v) is 3.27. The third-order valence-electron chi connectivity index (χ3n) is 4.91. The first-order valence-electron chi connectivity index (χ1n) is 9.95. The summed E-state index contributed by atoms with van der Waals surface area (Å²) in [6.07, 6.45) is 5.37. The van der Waals surface area contributed by atoms with E-state index in [0.29, 0.717) is 13.2 Å². The lowest BCUT2D eigenvalue weighted by Crippen LogP contribution is -2.41. The average Bonchev–Trinajstić information content (AvgIpc) is 2.96. The molecular formula is C20H29N3O6. The van der Waals surface area contributed by atoms with Gasteiger partial charge in [-0.15, -0.1) is 0 Å². The van der Waals surface area contributed by atoms with Crippen LogP contribution in [0.25, 0.3) is 0 Å². The number of hydrogen-bond donors (Lipinski definition) is 2. The van der Waals surface area contributed by atoms with Gasteiger partial charge in [0.2, 0.25) is 0 Å². The molecule has 9 heteroatoms. The number of nitro groups is 1. The summed E-state index contributed by atoms with van der Waals surface area (Å²) in [5.74, 6) is -1.13. The largest absolute Gasteiger partial charge is 0.449 e. The van der Waals surface area contributed by atoms with Crippen molar-refractivity contribution in [3.8, 4) is 0 Å². The molecule has 2 rings (SSSR count). The number of methoxy groups -OCH3 is 1. The van der Waals surface area contributed by atoms with Crippen LogP contribution in [0.4, 0.5) is 11.4 Å². The number of carbonyl (C=O) groups is 2. The lowest BCUT2D eigenvalue weighted by atomic mass is 10.1. The Morgan fingerprint density at radius 3 is 2.55 bits per heavy atom. The summed E-state index contributed by atoms with van der Waals surface area (Å²) in [5.41, 5.74) is 0.0528. The Morgan fingerprint density at radius 1 is 1.24 bits per heavy atom. The lowest BCUT2D eigenvalue weighted by Gasteiger charge is -2.19. The van der Waals surface area contributed by atoms with E-state index in [1.165, 1.54) is 39.0 Å². The molecule has 9 nitrogen and oxygen atoms in total. The van der Waals surface area contributed by atoms with Crippen molar-refractivity contribution < 1.29 is 24.0 Å². The van der Waals surface area contributed by atoms with Gasteiger partial charge in [-0.25, -0.2) is 4.79 Å². The van der Waals surface area contributed by atoms with Crippen LogP contribution in [0.1, 0.15) is 55.8 Å². The number of amides is 1. The zero-order chi connectivity index (χ0) is 21.2. The van der Waals surface area contributed by atoms with E-state index >= 15 is 0 Å². The number of carbonyl (C=O) groups excluding carboxylic acids is 2. The lowest BCUT2D eigenvalue weighted by molar-refractivity contribution is -0.384. The van der Waals surface area contributed by atoms with Gasteiger partial charge in [0.1, 0.15) is 5.69 Å². The maximum Gasteiger partial charge on any atom is 0.339 e. The van der Waals surface area contributed by atoms with E-state index < -0.39 is 17.0 Å². The van der Waals surface area contributed by atoms with Gasteiger partial charge in [0.05, 0.1) is 17.1 Å². The predicted octanol–water partition coefficient (Wildman–Crippen LogP) is 3.04. The number of nitrogens with one attached hydrogen (secondary N) is 2. The second-order valence-corrected chi connectivity index (χ2v) is 7.15. The number of benzene rings is 1. The minimum atomic E-state index is -0.982. The number of anilines is 1. The molecule has 0 radical (unpaired) electrons. The Labute approximate surface area is 170 Å². The highest BCUT2D eigenvalue weighted by molar-refractivity contribution is 5.93. The first kappa shape index (κ1) is 22.6. The molecule has 1 saturated carbocycles. The molecule has 1 aliphatic carbocycles. The van der Waals surface area contributed by atoms with Gasteiger partial charge in [-0.05, 0) is 31.9 Å². The first-order valence-corrected chi connectivity index (χ1v) is 9.95. The third-order valence-corrected chi connectivity index (χ3v) is 4.91. The highest BCUT2D eigenvalue weighted by Gasteiger charge is 2.24. The highest BCUT2D eigenvalue weighted by Crippen LogP contribution is 2.26. The quantitative estimate of drug-likeness (QED) is 0.212. The Hall–Kier alpha value is -2.68. The molecule has 1 aromatic rings. The van der Waals surface area contributed by atoms with Crippen LogP contribution in [0, 0.1) is 10.1 Å².